The van der Waals surface area contributed by atoms with E-state index in [-0.39, 0.29) is 5.91 Å². The third-order valence-corrected chi connectivity index (χ3v) is 5.13. The molecule has 1 aromatic carbocycles. The second kappa shape index (κ2) is 8.28. The van der Waals surface area contributed by atoms with Gasteiger partial charge < -0.3 is 5.32 Å². The SMILES string of the molecule is Cc1cc(CCC(=O)NCc2cccnc2-c2ccsc2)ccc1Cl. The van der Waals surface area contributed by atoms with Crippen LogP contribution in [0.2, 0.25) is 5.02 Å². The van der Waals surface area contributed by atoms with Crippen LogP contribution in [0.25, 0.3) is 11.3 Å². The van der Waals surface area contributed by atoms with Crippen molar-refractivity contribution in [2.24, 2.45) is 0 Å². The lowest BCUT2D eigenvalue weighted by molar-refractivity contribution is -0.121. The molecule has 5 heteroatoms. The Hall–Kier alpha value is -2.17. The van der Waals surface area contributed by atoms with E-state index in [9.17, 15) is 4.79 Å². The first-order valence-electron chi connectivity index (χ1n) is 8.11. The maximum Gasteiger partial charge on any atom is 0.220 e. The molecule has 128 valence electrons. The number of hydrogen-bond donors (Lipinski definition) is 1. The van der Waals surface area contributed by atoms with E-state index in [1.54, 1.807) is 17.5 Å². The second-order valence-electron chi connectivity index (χ2n) is 5.88. The van der Waals surface area contributed by atoms with Gasteiger partial charge >= 0.3 is 0 Å². The van der Waals surface area contributed by atoms with Gasteiger partial charge in [0.1, 0.15) is 0 Å². The Morgan fingerprint density at radius 3 is 2.92 bits per heavy atom. The zero-order chi connectivity index (χ0) is 17.6. The van der Waals surface area contributed by atoms with Crippen LogP contribution in [0, 0.1) is 6.92 Å². The lowest BCUT2D eigenvalue weighted by atomic mass is 10.1. The maximum atomic E-state index is 12.2. The van der Waals surface area contributed by atoms with Crippen LogP contribution in [0.1, 0.15) is 23.1 Å². The van der Waals surface area contributed by atoms with Crippen LogP contribution >= 0.6 is 22.9 Å². The van der Waals surface area contributed by atoms with Gasteiger partial charge in [0.05, 0.1) is 5.69 Å². The quantitative estimate of drug-likeness (QED) is 0.661. The Bertz CT molecular complexity index is 862. The van der Waals surface area contributed by atoms with E-state index in [1.807, 2.05) is 48.7 Å². The molecule has 0 saturated heterocycles. The first kappa shape index (κ1) is 17.6. The normalized spacial score (nSPS) is 10.6. The summed E-state index contributed by atoms with van der Waals surface area (Å²) >= 11 is 7.67. The standard InChI is InChI=1S/C20H19ClN2OS/c1-14-11-15(4-6-18(14)21)5-7-19(24)23-12-16-3-2-9-22-20(16)17-8-10-25-13-17/h2-4,6,8-11,13H,5,7,12H2,1H3,(H,23,24). The minimum Gasteiger partial charge on any atom is -0.352 e. The van der Waals surface area contributed by atoms with Crippen molar-refractivity contribution in [1.82, 2.24) is 10.3 Å². The molecule has 3 nitrogen and oxygen atoms in total. The number of halogens is 1. The number of nitrogens with one attached hydrogen (secondary N) is 1. The summed E-state index contributed by atoms with van der Waals surface area (Å²) in [5.41, 5.74) is 5.20. The van der Waals surface area contributed by atoms with Gasteiger partial charge in [-0.05, 0) is 53.6 Å². The molecule has 3 rings (SSSR count). The molecule has 2 aromatic heterocycles. The third-order valence-electron chi connectivity index (χ3n) is 4.02. The number of rotatable bonds is 6. The highest BCUT2D eigenvalue weighted by molar-refractivity contribution is 7.08. The summed E-state index contributed by atoms with van der Waals surface area (Å²) in [6, 6.07) is 11.8. The molecule has 25 heavy (non-hydrogen) atoms. The summed E-state index contributed by atoms with van der Waals surface area (Å²) in [5.74, 6) is 0.0349. The minimum absolute atomic E-state index is 0.0349. The number of carbonyl (C=O) groups excluding carboxylic acids is 1. The molecule has 0 radical (unpaired) electrons. The Kier molecular flexibility index (Phi) is 5.84. The highest BCUT2D eigenvalue weighted by Gasteiger charge is 2.09. The van der Waals surface area contributed by atoms with Gasteiger partial charge in [-0.1, -0.05) is 29.8 Å². The molecule has 0 aliphatic rings. The molecule has 1 amide bonds. The Morgan fingerprint density at radius 2 is 2.16 bits per heavy atom. The molecular weight excluding hydrogens is 352 g/mol. The fraction of sp³-hybridized carbons (Fsp3) is 0.200. The molecule has 0 unspecified atom stereocenters. The van der Waals surface area contributed by atoms with Crippen LogP contribution in [-0.2, 0) is 17.8 Å². The zero-order valence-corrected chi connectivity index (χ0v) is 15.5. The molecule has 1 N–H and O–H groups in total. The molecule has 0 saturated carbocycles. The van der Waals surface area contributed by atoms with E-state index < -0.39 is 0 Å². The monoisotopic (exact) mass is 370 g/mol. The largest absolute Gasteiger partial charge is 0.352 e. The summed E-state index contributed by atoms with van der Waals surface area (Å²) in [6.45, 7) is 2.46. The molecule has 0 fully saturated rings. The number of benzene rings is 1. The van der Waals surface area contributed by atoms with Gasteiger partial charge in [0.15, 0.2) is 0 Å². The van der Waals surface area contributed by atoms with Crippen molar-refractivity contribution in [2.45, 2.75) is 26.3 Å². The molecule has 0 aliphatic heterocycles. The summed E-state index contributed by atoms with van der Waals surface area (Å²) in [4.78, 5) is 16.6. The Morgan fingerprint density at radius 1 is 1.28 bits per heavy atom. The minimum atomic E-state index is 0.0349. The van der Waals surface area contributed by atoms with E-state index >= 15 is 0 Å². The Balaban J connectivity index is 1.57. The zero-order valence-electron chi connectivity index (χ0n) is 14.0. The average Bonchev–Trinajstić information content (AvgIpc) is 3.15. The first-order valence-corrected chi connectivity index (χ1v) is 9.44. The molecule has 0 bridgehead atoms. The third kappa shape index (κ3) is 4.68. The van der Waals surface area contributed by atoms with E-state index in [0.717, 1.165) is 33.0 Å². The van der Waals surface area contributed by atoms with Gasteiger partial charge in [0.2, 0.25) is 5.91 Å². The number of aryl methyl sites for hydroxylation is 2. The molecule has 3 aromatic rings. The lowest BCUT2D eigenvalue weighted by Gasteiger charge is -2.09. The van der Waals surface area contributed by atoms with E-state index in [1.165, 1.54) is 0 Å². The van der Waals surface area contributed by atoms with Crippen molar-refractivity contribution >= 4 is 28.8 Å². The second-order valence-corrected chi connectivity index (χ2v) is 7.07. The number of hydrogen-bond acceptors (Lipinski definition) is 3. The van der Waals surface area contributed by atoms with Gasteiger partial charge in [0, 0.05) is 35.1 Å². The van der Waals surface area contributed by atoms with Crippen molar-refractivity contribution in [3.05, 3.63) is 75.1 Å². The number of aromatic nitrogens is 1. The molecule has 0 spiro atoms. The molecular formula is C20H19ClN2OS. The fourth-order valence-corrected chi connectivity index (χ4v) is 3.40. The van der Waals surface area contributed by atoms with Crippen LogP contribution in [0.3, 0.4) is 0 Å². The van der Waals surface area contributed by atoms with E-state index in [4.69, 9.17) is 11.6 Å². The molecule has 2 heterocycles. The number of pyridine rings is 1. The van der Waals surface area contributed by atoms with Gasteiger partial charge in [-0.25, -0.2) is 0 Å². The van der Waals surface area contributed by atoms with Gasteiger partial charge in [-0.15, -0.1) is 0 Å². The summed E-state index contributed by atoms with van der Waals surface area (Å²) < 4.78 is 0. The maximum absolute atomic E-state index is 12.2. The highest BCUT2D eigenvalue weighted by Crippen LogP contribution is 2.23. The lowest BCUT2D eigenvalue weighted by Crippen LogP contribution is -2.23. The van der Waals surface area contributed by atoms with Crippen LogP contribution < -0.4 is 5.32 Å². The van der Waals surface area contributed by atoms with Gasteiger partial charge in [-0.3, -0.25) is 9.78 Å². The van der Waals surface area contributed by atoms with E-state index in [2.05, 4.69) is 15.7 Å². The van der Waals surface area contributed by atoms with Gasteiger partial charge in [0.25, 0.3) is 0 Å². The first-order chi connectivity index (χ1) is 12.1. The summed E-state index contributed by atoms with van der Waals surface area (Å²) in [7, 11) is 0. The Labute approximate surface area is 156 Å². The average molecular weight is 371 g/mol. The van der Waals surface area contributed by atoms with Crippen LogP contribution in [0.5, 0.6) is 0 Å². The van der Waals surface area contributed by atoms with Crippen LogP contribution in [0.4, 0.5) is 0 Å². The van der Waals surface area contributed by atoms with E-state index in [0.29, 0.717) is 19.4 Å². The van der Waals surface area contributed by atoms with Crippen molar-refractivity contribution in [3.8, 4) is 11.3 Å². The summed E-state index contributed by atoms with van der Waals surface area (Å²) in [6.07, 6.45) is 2.94. The van der Waals surface area contributed by atoms with Crippen molar-refractivity contribution in [2.75, 3.05) is 0 Å². The smallest absolute Gasteiger partial charge is 0.220 e. The number of nitrogens with zero attached hydrogens (tertiary/aromatic N) is 1. The van der Waals surface area contributed by atoms with Crippen molar-refractivity contribution in [3.63, 3.8) is 0 Å². The highest BCUT2D eigenvalue weighted by atomic mass is 35.5. The molecule has 0 atom stereocenters. The topological polar surface area (TPSA) is 42.0 Å². The van der Waals surface area contributed by atoms with Crippen LogP contribution in [0.15, 0.2) is 53.4 Å². The fourth-order valence-electron chi connectivity index (χ4n) is 2.64. The summed E-state index contributed by atoms with van der Waals surface area (Å²) in [5, 5.41) is 7.85. The molecule has 0 aliphatic carbocycles. The number of amides is 1. The number of thiophene rings is 1. The van der Waals surface area contributed by atoms with Gasteiger partial charge in [-0.2, -0.15) is 11.3 Å². The predicted molar refractivity (Wildman–Crippen MR) is 104 cm³/mol. The predicted octanol–water partition coefficient (Wildman–Crippen LogP) is 5.02. The van der Waals surface area contributed by atoms with Crippen molar-refractivity contribution < 1.29 is 4.79 Å². The van der Waals surface area contributed by atoms with Crippen LogP contribution in [-0.4, -0.2) is 10.9 Å². The number of carbonyl (C=O) groups is 1. The van der Waals surface area contributed by atoms with Crippen molar-refractivity contribution in [1.29, 1.82) is 0 Å².